The van der Waals surface area contributed by atoms with Gasteiger partial charge in [0.05, 0.1) is 11.7 Å². The monoisotopic (exact) mass is 372 g/mol. The van der Waals surface area contributed by atoms with Gasteiger partial charge in [-0.1, -0.05) is 56.4 Å². The number of anilines is 1. The third kappa shape index (κ3) is 5.26. The molecule has 1 aromatic carbocycles. The van der Waals surface area contributed by atoms with Gasteiger partial charge >= 0.3 is 5.97 Å². The molecule has 2 rings (SSSR count). The van der Waals surface area contributed by atoms with Crippen molar-refractivity contribution in [3.05, 3.63) is 65.6 Å². The number of hydrogen-bond acceptors (Lipinski definition) is 4. The lowest BCUT2D eigenvalue weighted by atomic mass is 9.96. The third-order valence-electron chi connectivity index (χ3n) is 4.49. The summed E-state index contributed by atoms with van der Waals surface area (Å²) in [5.74, 6) is -0.711. The Morgan fingerprint density at radius 1 is 1.23 bits per heavy atom. The smallest absolute Gasteiger partial charge is 0.303 e. The quantitative estimate of drug-likeness (QED) is 0.443. The van der Waals surface area contributed by atoms with Crippen molar-refractivity contribution in [3.63, 3.8) is 0 Å². The molecule has 0 saturated carbocycles. The molecule has 0 aliphatic carbocycles. The zero-order chi connectivity index (χ0) is 18.9. The Bertz CT molecular complexity index is 684. The van der Waals surface area contributed by atoms with Crippen LogP contribution in [0.4, 0.5) is 5.69 Å². The van der Waals surface area contributed by atoms with Gasteiger partial charge in [-0.2, -0.15) is 0 Å². The number of carbonyl (C=O) groups is 1. The van der Waals surface area contributed by atoms with Gasteiger partial charge < -0.3 is 14.7 Å². The second-order valence-electron chi connectivity index (χ2n) is 6.32. The number of hydrogen-bond donors (Lipinski definition) is 2. The summed E-state index contributed by atoms with van der Waals surface area (Å²) in [5.41, 5.74) is 3.57. The van der Waals surface area contributed by atoms with Crippen LogP contribution < -0.4 is 9.62 Å². The van der Waals surface area contributed by atoms with Crippen LogP contribution in [0.3, 0.4) is 0 Å². The maximum atomic E-state index is 10.6. The molecular weight excluding hydrogens is 344 g/mol. The fourth-order valence-corrected chi connectivity index (χ4v) is 4.11. The predicted molar refractivity (Wildman–Crippen MR) is 111 cm³/mol. The van der Waals surface area contributed by atoms with Crippen LogP contribution in [0.25, 0.3) is 0 Å². The minimum Gasteiger partial charge on any atom is -0.481 e. The molecule has 4 nitrogen and oxygen atoms in total. The van der Waals surface area contributed by atoms with Gasteiger partial charge in [0.15, 0.2) is 0 Å². The molecule has 0 saturated heterocycles. The molecule has 1 unspecified atom stereocenters. The van der Waals surface area contributed by atoms with Crippen molar-refractivity contribution in [3.8, 4) is 0 Å². The zero-order valence-corrected chi connectivity index (χ0v) is 16.2. The molecule has 0 amide bonds. The zero-order valence-electron chi connectivity index (χ0n) is 15.4. The Labute approximate surface area is 160 Å². The molecule has 1 atom stereocenters. The molecule has 0 spiro atoms. The number of unbranched alkanes of at least 4 members (excludes halogenated alkanes) is 3. The number of carboxylic acids is 1. The second kappa shape index (κ2) is 10.2. The number of rotatable bonds is 10. The molecule has 0 fully saturated rings. The van der Waals surface area contributed by atoms with E-state index in [2.05, 4.69) is 54.1 Å². The van der Waals surface area contributed by atoms with Crippen LogP contribution in [0.1, 0.15) is 43.7 Å². The highest BCUT2D eigenvalue weighted by atomic mass is 32.2. The normalized spacial score (nSPS) is 16.8. The molecular formula is C21H28N2O2S. The van der Waals surface area contributed by atoms with E-state index >= 15 is 0 Å². The minimum atomic E-state index is -0.711. The number of benzene rings is 1. The van der Waals surface area contributed by atoms with Gasteiger partial charge in [0, 0.05) is 18.4 Å². The first-order valence-corrected chi connectivity index (χ1v) is 9.80. The van der Waals surface area contributed by atoms with Crippen LogP contribution in [0, 0.1) is 0 Å². The van der Waals surface area contributed by atoms with Gasteiger partial charge in [-0.25, -0.2) is 0 Å². The lowest BCUT2D eigenvalue weighted by Crippen LogP contribution is -2.24. The van der Waals surface area contributed by atoms with Crippen molar-refractivity contribution in [1.29, 1.82) is 0 Å². The molecule has 2 N–H and O–H groups in total. The van der Waals surface area contributed by atoms with E-state index in [9.17, 15) is 4.79 Å². The van der Waals surface area contributed by atoms with Crippen LogP contribution in [-0.2, 0) is 4.79 Å². The molecule has 1 heterocycles. The topological polar surface area (TPSA) is 52.6 Å². The molecule has 0 aromatic heterocycles. The summed E-state index contributed by atoms with van der Waals surface area (Å²) in [4.78, 5) is 11.7. The Kier molecular flexibility index (Phi) is 8.01. The lowest BCUT2D eigenvalue weighted by molar-refractivity contribution is -0.137. The van der Waals surface area contributed by atoms with Gasteiger partial charge in [0.1, 0.15) is 0 Å². The first-order chi connectivity index (χ1) is 12.6. The molecule has 0 radical (unpaired) electrons. The van der Waals surface area contributed by atoms with Gasteiger partial charge in [-0.15, -0.1) is 0 Å². The van der Waals surface area contributed by atoms with E-state index in [1.165, 1.54) is 11.3 Å². The van der Waals surface area contributed by atoms with Crippen LogP contribution in [0.2, 0.25) is 0 Å². The highest BCUT2D eigenvalue weighted by Gasteiger charge is 2.25. The van der Waals surface area contributed by atoms with Crippen LogP contribution in [0.5, 0.6) is 0 Å². The number of aliphatic carboxylic acids is 1. The standard InChI is InChI=1S/C21H28N2O2S/c1-4-16-19(5-2)26-23(3)18-13-10-9-12-17(18)21(16)22-15-11-7-6-8-14-20(24)25/h4-5,9-10,12-13,21-22H,1-2,6-8,11,14-15H2,3H3,(H,24,25). The average molecular weight is 373 g/mol. The summed E-state index contributed by atoms with van der Waals surface area (Å²) in [7, 11) is 2.07. The summed E-state index contributed by atoms with van der Waals surface area (Å²) >= 11 is 1.67. The fourth-order valence-electron chi connectivity index (χ4n) is 3.17. The maximum absolute atomic E-state index is 10.6. The Hall–Kier alpha value is -1.98. The number of nitrogens with one attached hydrogen (secondary N) is 1. The predicted octanol–water partition coefficient (Wildman–Crippen LogP) is 5.08. The molecule has 26 heavy (non-hydrogen) atoms. The Balaban J connectivity index is 2.07. The van der Waals surface area contributed by atoms with Crippen molar-refractivity contribution in [1.82, 2.24) is 5.32 Å². The average Bonchev–Trinajstić information content (AvgIpc) is 2.75. The molecule has 1 aliphatic rings. The number of carboxylic acid groups (broad SMARTS) is 1. The van der Waals surface area contributed by atoms with Crippen molar-refractivity contribution in [2.45, 2.75) is 38.1 Å². The van der Waals surface area contributed by atoms with E-state index in [4.69, 9.17) is 5.11 Å². The van der Waals surface area contributed by atoms with E-state index < -0.39 is 5.97 Å². The summed E-state index contributed by atoms with van der Waals surface area (Å²) in [6.45, 7) is 8.87. The van der Waals surface area contributed by atoms with E-state index in [1.807, 2.05) is 12.2 Å². The van der Waals surface area contributed by atoms with Crippen molar-refractivity contribution in [2.24, 2.45) is 0 Å². The molecule has 0 bridgehead atoms. The number of allylic oxidation sites excluding steroid dienone is 1. The van der Waals surface area contributed by atoms with Crippen LogP contribution in [-0.4, -0.2) is 24.7 Å². The van der Waals surface area contributed by atoms with Crippen molar-refractivity contribution in [2.75, 3.05) is 17.9 Å². The summed E-state index contributed by atoms with van der Waals surface area (Å²) in [5, 5.41) is 12.4. The first-order valence-electron chi connectivity index (χ1n) is 9.03. The molecule has 140 valence electrons. The number of nitrogens with zero attached hydrogens (tertiary/aromatic N) is 1. The van der Waals surface area contributed by atoms with Crippen LogP contribution >= 0.6 is 11.9 Å². The van der Waals surface area contributed by atoms with E-state index in [1.54, 1.807) is 11.9 Å². The highest BCUT2D eigenvalue weighted by Crippen LogP contribution is 2.42. The summed E-state index contributed by atoms with van der Waals surface area (Å²) in [6, 6.07) is 8.50. The number of fused-ring (bicyclic) bond motifs is 1. The van der Waals surface area contributed by atoms with E-state index in [-0.39, 0.29) is 12.5 Å². The lowest BCUT2D eigenvalue weighted by Gasteiger charge is -2.23. The number of para-hydroxylation sites is 1. The SMILES string of the molecule is C=CC1=C(C=C)C(NCCCCCCC(=O)O)c2ccccc2N(C)S1. The van der Waals surface area contributed by atoms with Crippen LogP contribution in [0.15, 0.2) is 60.1 Å². The minimum absolute atomic E-state index is 0.0770. The van der Waals surface area contributed by atoms with Gasteiger partial charge in [-0.3, -0.25) is 4.79 Å². The van der Waals surface area contributed by atoms with Gasteiger partial charge in [0.2, 0.25) is 0 Å². The van der Waals surface area contributed by atoms with Crippen molar-refractivity contribution >= 4 is 23.6 Å². The molecule has 5 heteroatoms. The summed E-state index contributed by atoms with van der Waals surface area (Å²) < 4.78 is 2.17. The van der Waals surface area contributed by atoms with Crippen molar-refractivity contribution < 1.29 is 9.90 Å². The Morgan fingerprint density at radius 2 is 1.96 bits per heavy atom. The third-order valence-corrected chi connectivity index (χ3v) is 5.56. The van der Waals surface area contributed by atoms with Gasteiger partial charge in [-0.05, 0) is 48.5 Å². The Morgan fingerprint density at radius 3 is 2.65 bits per heavy atom. The molecule has 1 aromatic rings. The van der Waals surface area contributed by atoms with E-state index in [0.29, 0.717) is 0 Å². The fraction of sp³-hybridized carbons (Fsp3) is 0.381. The van der Waals surface area contributed by atoms with E-state index in [0.717, 1.165) is 42.7 Å². The second-order valence-corrected chi connectivity index (χ2v) is 7.49. The maximum Gasteiger partial charge on any atom is 0.303 e. The largest absolute Gasteiger partial charge is 0.481 e. The summed E-state index contributed by atoms with van der Waals surface area (Å²) in [6.07, 6.45) is 7.84. The molecule has 1 aliphatic heterocycles. The highest BCUT2D eigenvalue weighted by molar-refractivity contribution is 8.04. The first kappa shape index (κ1) is 20.3. The van der Waals surface area contributed by atoms with Gasteiger partial charge in [0.25, 0.3) is 0 Å².